The Morgan fingerprint density at radius 2 is 1.07 bits per heavy atom. The Bertz CT molecular complexity index is 2350. The highest BCUT2D eigenvalue weighted by Gasteiger charge is 2.63. The molecule has 3 fully saturated rings. The zero-order chi connectivity index (χ0) is 37.8. The van der Waals surface area contributed by atoms with Crippen molar-refractivity contribution >= 4 is 57.8 Å². The molecule has 0 bridgehead atoms. The van der Waals surface area contributed by atoms with E-state index in [0.717, 1.165) is 28.3 Å². The predicted octanol–water partition coefficient (Wildman–Crippen LogP) is 7.93. The molecule has 274 valence electrons. The van der Waals surface area contributed by atoms with Gasteiger partial charge in [-0.2, -0.15) is 0 Å². The summed E-state index contributed by atoms with van der Waals surface area (Å²) in [5.41, 5.74) is 5.50. The van der Waals surface area contributed by atoms with Crippen molar-refractivity contribution in [2.45, 2.75) is 18.8 Å². The number of fused-ring (bicyclic) bond motifs is 4. The maximum atomic E-state index is 14.6. The molecule has 9 rings (SSSR count). The lowest BCUT2D eigenvalue weighted by Gasteiger charge is -2.44. The molecule has 55 heavy (non-hydrogen) atoms. The Balaban J connectivity index is 1.06. The molecule has 0 radical (unpaired) electrons. The Labute approximate surface area is 318 Å². The van der Waals surface area contributed by atoms with Crippen LogP contribution in [0.4, 0.5) is 34.1 Å². The summed E-state index contributed by atoms with van der Waals surface area (Å²) >= 11 is 0. The quantitative estimate of drug-likeness (QED) is 0.109. The number of nitrogens with zero attached hydrogens (tertiary/aromatic N) is 2. The highest BCUT2D eigenvalue weighted by Crippen LogP contribution is 2.60. The highest BCUT2D eigenvalue weighted by molar-refractivity contribution is 6.24. The van der Waals surface area contributed by atoms with Crippen molar-refractivity contribution in [3.05, 3.63) is 145 Å². The number of ether oxygens (including phenoxy) is 1. The molecule has 0 spiro atoms. The van der Waals surface area contributed by atoms with Crippen LogP contribution in [0.5, 0.6) is 11.5 Å². The molecule has 5 aromatic carbocycles. The molecule has 2 aliphatic heterocycles. The minimum atomic E-state index is -0.858. The zero-order valence-electron chi connectivity index (χ0n) is 30.0. The van der Waals surface area contributed by atoms with Crippen molar-refractivity contribution in [2.24, 2.45) is 29.6 Å². The molecule has 6 unspecified atom stereocenters. The van der Waals surface area contributed by atoms with E-state index in [1.165, 1.54) is 16.9 Å². The number of imide groups is 2. The first-order valence-electron chi connectivity index (χ1n) is 18.5. The maximum absolute atomic E-state index is 14.6. The van der Waals surface area contributed by atoms with E-state index in [-0.39, 0.29) is 42.2 Å². The van der Waals surface area contributed by atoms with Gasteiger partial charge in [-0.05, 0) is 104 Å². The molecular formula is C45H38N4O6. The lowest BCUT2D eigenvalue weighted by molar-refractivity contribution is -0.126. The number of phenols is 1. The van der Waals surface area contributed by atoms with Crippen LogP contribution in [0.3, 0.4) is 0 Å². The number of hydrogen-bond acceptors (Lipinski definition) is 8. The van der Waals surface area contributed by atoms with Crippen molar-refractivity contribution in [3.8, 4) is 11.5 Å². The zero-order valence-corrected chi connectivity index (χ0v) is 30.0. The molecule has 1 saturated carbocycles. The van der Waals surface area contributed by atoms with E-state index >= 15 is 0 Å². The fourth-order valence-corrected chi connectivity index (χ4v) is 9.21. The first kappa shape index (κ1) is 34.1. The van der Waals surface area contributed by atoms with Crippen LogP contribution in [0.25, 0.3) is 0 Å². The molecule has 2 saturated heterocycles. The third-order valence-corrected chi connectivity index (χ3v) is 11.6. The summed E-state index contributed by atoms with van der Waals surface area (Å²) in [5, 5.41) is 18.1. The van der Waals surface area contributed by atoms with E-state index in [1.54, 1.807) is 42.5 Å². The third-order valence-electron chi connectivity index (χ3n) is 11.6. The van der Waals surface area contributed by atoms with E-state index in [4.69, 9.17) is 4.74 Å². The normalized spacial score (nSPS) is 24.2. The molecular weight excluding hydrogens is 693 g/mol. The van der Waals surface area contributed by atoms with Crippen LogP contribution in [0.2, 0.25) is 0 Å². The van der Waals surface area contributed by atoms with E-state index in [2.05, 4.69) is 10.6 Å². The minimum absolute atomic E-state index is 0.0681. The fourth-order valence-electron chi connectivity index (χ4n) is 9.21. The molecule has 6 atom stereocenters. The average Bonchev–Trinajstić information content (AvgIpc) is 3.62. The van der Waals surface area contributed by atoms with E-state index in [0.29, 0.717) is 22.7 Å². The number of carbonyl (C=O) groups is 4. The van der Waals surface area contributed by atoms with Gasteiger partial charge in [-0.3, -0.25) is 29.0 Å². The second kappa shape index (κ2) is 13.6. The van der Waals surface area contributed by atoms with Crippen molar-refractivity contribution in [1.29, 1.82) is 0 Å². The number of carbonyl (C=O) groups excluding carboxylic acids is 4. The number of para-hydroxylation sites is 2. The molecule has 5 aromatic rings. The SMILES string of the molecule is COc1cccc(O)c1C1C2=CCC3C(=O)N(c4ccc(Nc5ccccc5)cc4)C(=O)C3C2CC2C(=O)N(c3ccc(Nc4ccccc4)cc3)C(=O)C21. The van der Waals surface area contributed by atoms with Crippen LogP contribution in [-0.2, 0) is 19.2 Å². The Morgan fingerprint density at radius 1 is 0.564 bits per heavy atom. The summed E-state index contributed by atoms with van der Waals surface area (Å²) < 4.78 is 5.75. The Hall–Kier alpha value is -6.68. The second-order valence-corrected chi connectivity index (χ2v) is 14.5. The summed E-state index contributed by atoms with van der Waals surface area (Å²) in [6.07, 6.45) is 2.47. The number of methoxy groups -OCH3 is 1. The van der Waals surface area contributed by atoms with Gasteiger partial charge in [-0.15, -0.1) is 0 Å². The summed E-state index contributed by atoms with van der Waals surface area (Å²) in [7, 11) is 1.50. The molecule has 2 heterocycles. The van der Waals surface area contributed by atoms with Gasteiger partial charge in [0, 0.05) is 34.2 Å². The first-order valence-corrected chi connectivity index (χ1v) is 18.5. The number of amides is 4. The van der Waals surface area contributed by atoms with Crippen LogP contribution >= 0.6 is 0 Å². The van der Waals surface area contributed by atoms with Crippen molar-refractivity contribution in [3.63, 3.8) is 0 Å². The van der Waals surface area contributed by atoms with Crippen LogP contribution in [0.1, 0.15) is 24.3 Å². The third kappa shape index (κ3) is 5.72. The van der Waals surface area contributed by atoms with Crippen LogP contribution in [0.15, 0.2) is 139 Å². The number of allylic oxidation sites excluding steroid dienone is 2. The van der Waals surface area contributed by atoms with Gasteiger partial charge < -0.3 is 20.5 Å². The molecule has 3 N–H and O–H groups in total. The number of benzene rings is 5. The standard InChI is InChI=1S/C45H38N4O6/c1-55-37-14-8-13-36(50)41(37)39-32-23-24-33-38(44(53)48(42(33)51)30-19-15-28(16-20-30)46-26-9-4-2-5-10-26)34(32)25-35-40(39)45(54)49(43(35)52)31-21-17-29(18-22-31)47-27-11-6-3-7-12-27/h2-23,33-35,38-40,46-47,50H,24-25H2,1H3. The fraction of sp³-hybridized carbons (Fsp3) is 0.200. The van der Waals surface area contributed by atoms with Gasteiger partial charge in [0.25, 0.3) is 0 Å². The predicted molar refractivity (Wildman–Crippen MR) is 209 cm³/mol. The van der Waals surface area contributed by atoms with Gasteiger partial charge in [-0.25, -0.2) is 0 Å². The number of rotatable bonds is 8. The number of hydrogen-bond donors (Lipinski definition) is 3. The van der Waals surface area contributed by atoms with Crippen molar-refractivity contribution in [1.82, 2.24) is 0 Å². The highest BCUT2D eigenvalue weighted by atomic mass is 16.5. The van der Waals surface area contributed by atoms with Crippen molar-refractivity contribution in [2.75, 3.05) is 27.5 Å². The number of anilines is 6. The molecule has 10 heteroatoms. The monoisotopic (exact) mass is 730 g/mol. The molecule has 2 aliphatic carbocycles. The van der Waals surface area contributed by atoms with Crippen LogP contribution in [0, 0.1) is 29.6 Å². The Morgan fingerprint density at radius 3 is 1.62 bits per heavy atom. The van der Waals surface area contributed by atoms with E-state index in [9.17, 15) is 24.3 Å². The van der Waals surface area contributed by atoms with Crippen molar-refractivity contribution < 1.29 is 29.0 Å². The molecule has 4 amide bonds. The molecule has 4 aliphatic rings. The van der Waals surface area contributed by atoms with Gasteiger partial charge >= 0.3 is 0 Å². The van der Waals surface area contributed by atoms with Gasteiger partial charge in [0.15, 0.2) is 0 Å². The summed E-state index contributed by atoms with van der Waals surface area (Å²) in [4.78, 5) is 60.3. The average molecular weight is 731 g/mol. The first-order chi connectivity index (χ1) is 26.8. The lowest BCUT2D eigenvalue weighted by Crippen LogP contribution is -2.43. The maximum Gasteiger partial charge on any atom is 0.238 e. The van der Waals surface area contributed by atoms with Gasteiger partial charge in [0.05, 0.1) is 42.2 Å². The van der Waals surface area contributed by atoms with Gasteiger partial charge in [-0.1, -0.05) is 54.1 Å². The molecule has 0 aromatic heterocycles. The number of nitrogens with one attached hydrogen (secondary N) is 2. The van der Waals surface area contributed by atoms with Gasteiger partial charge in [0.2, 0.25) is 23.6 Å². The summed E-state index contributed by atoms with van der Waals surface area (Å²) in [5.74, 6) is -5.36. The van der Waals surface area contributed by atoms with Crippen LogP contribution in [-0.4, -0.2) is 35.8 Å². The van der Waals surface area contributed by atoms with E-state index < -0.39 is 35.5 Å². The van der Waals surface area contributed by atoms with Gasteiger partial charge in [0.1, 0.15) is 11.5 Å². The smallest absolute Gasteiger partial charge is 0.238 e. The number of aromatic hydroxyl groups is 1. The molecule has 10 nitrogen and oxygen atoms in total. The summed E-state index contributed by atoms with van der Waals surface area (Å²) in [6.45, 7) is 0. The Kier molecular flexibility index (Phi) is 8.45. The largest absolute Gasteiger partial charge is 0.508 e. The lowest BCUT2D eigenvalue weighted by atomic mass is 9.57. The summed E-state index contributed by atoms with van der Waals surface area (Å²) in [6, 6.07) is 38.6. The van der Waals surface area contributed by atoms with Crippen LogP contribution < -0.4 is 25.2 Å². The number of phenolic OH excluding ortho intramolecular Hbond substituents is 1. The second-order valence-electron chi connectivity index (χ2n) is 14.5. The van der Waals surface area contributed by atoms with E-state index in [1.807, 2.05) is 91.0 Å². The topological polar surface area (TPSA) is 128 Å². The minimum Gasteiger partial charge on any atom is -0.508 e.